The molecule has 0 heterocycles. The van der Waals surface area contributed by atoms with Crippen LogP contribution in [0.4, 0.5) is 11.4 Å². The molecule has 1 aromatic rings. The number of allylic oxidation sites excluding steroid dienone is 3. The molecule has 0 saturated heterocycles. The summed E-state index contributed by atoms with van der Waals surface area (Å²) in [5.41, 5.74) is 2.89. The normalized spacial score (nSPS) is 15.2. The summed E-state index contributed by atoms with van der Waals surface area (Å²) in [6.45, 7) is 7.81. The lowest BCUT2D eigenvalue weighted by Crippen LogP contribution is -2.26. The Balaban J connectivity index is 2.18. The summed E-state index contributed by atoms with van der Waals surface area (Å²) >= 11 is 0. The fourth-order valence-electron chi connectivity index (χ4n) is 2.67. The van der Waals surface area contributed by atoms with E-state index in [4.69, 9.17) is 0 Å². The molecule has 1 amide bonds. The van der Waals surface area contributed by atoms with Crippen LogP contribution in [0.1, 0.15) is 33.6 Å². The zero-order valence-corrected chi connectivity index (χ0v) is 15.1. The lowest BCUT2D eigenvalue weighted by molar-refractivity contribution is -0.120. The third-order valence-corrected chi connectivity index (χ3v) is 3.73. The van der Waals surface area contributed by atoms with E-state index in [9.17, 15) is 9.59 Å². The number of amides is 1. The molecule has 0 bridgehead atoms. The molecule has 1 aromatic carbocycles. The lowest BCUT2D eigenvalue weighted by Gasteiger charge is -2.23. The maximum Gasteiger partial charge on any atom is 0.221 e. The molecule has 0 radical (unpaired) electrons. The molecule has 25 heavy (non-hydrogen) atoms. The van der Waals surface area contributed by atoms with E-state index in [0.717, 1.165) is 31.6 Å². The molecule has 0 aromatic heterocycles. The highest BCUT2D eigenvalue weighted by Crippen LogP contribution is 2.21. The Morgan fingerprint density at radius 2 is 1.72 bits per heavy atom. The van der Waals surface area contributed by atoms with Gasteiger partial charge in [0.25, 0.3) is 0 Å². The number of carbonyl (C=O) groups excluding carboxylic acids is 2. The second-order valence-corrected chi connectivity index (χ2v) is 5.98. The van der Waals surface area contributed by atoms with Gasteiger partial charge in [-0.1, -0.05) is 13.8 Å². The highest BCUT2D eigenvalue weighted by molar-refractivity contribution is 6.20. The van der Waals surface area contributed by atoms with Crippen LogP contribution in [0.2, 0.25) is 0 Å². The maximum absolute atomic E-state index is 11.7. The molecule has 5 heteroatoms. The molecule has 132 valence electrons. The standard InChI is InChI=1S/C20H25N3O2/c1-4-12-23(13-5-2)18-9-6-16(7-10-18)22-17-8-11-20(25)19(14-17)21-15(3)24/h6-11,14H,4-5,12-13H2,1-3H3,(H,21,24). The van der Waals surface area contributed by atoms with Crippen LogP contribution < -0.4 is 10.2 Å². The summed E-state index contributed by atoms with van der Waals surface area (Å²) in [7, 11) is 0. The minimum atomic E-state index is -0.273. The number of nitrogens with one attached hydrogen (secondary N) is 1. The minimum absolute atomic E-state index is 0.223. The van der Waals surface area contributed by atoms with Crippen molar-refractivity contribution in [3.05, 3.63) is 48.2 Å². The van der Waals surface area contributed by atoms with Gasteiger partial charge in [0.1, 0.15) is 0 Å². The van der Waals surface area contributed by atoms with Crippen LogP contribution in [0.25, 0.3) is 0 Å². The minimum Gasteiger partial charge on any atom is -0.372 e. The van der Waals surface area contributed by atoms with Crippen molar-refractivity contribution in [1.82, 2.24) is 5.32 Å². The van der Waals surface area contributed by atoms with Crippen LogP contribution in [0.15, 0.2) is 53.2 Å². The first-order valence-electron chi connectivity index (χ1n) is 8.69. The number of ketones is 1. The molecule has 1 aliphatic rings. The average Bonchev–Trinajstić information content (AvgIpc) is 2.58. The molecule has 0 atom stereocenters. The van der Waals surface area contributed by atoms with Gasteiger partial charge < -0.3 is 10.2 Å². The second-order valence-electron chi connectivity index (χ2n) is 5.98. The third-order valence-electron chi connectivity index (χ3n) is 3.73. The molecule has 0 fully saturated rings. The van der Waals surface area contributed by atoms with Gasteiger partial charge >= 0.3 is 0 Å². The first kappa shape index (κ1) is 18.6. The number of hydrogen-bond donors (Lipinski definition) is 1. The Morgan fingerprint density at radius 3 is 2.28 bits per heavy atom. The number of hydrogen-bond acceptors (Lipinski definition) is 4. The fraction of sp³-hybridized carbons (Fsp3) is 0.350. The van der Waals surface area contributed by atoms with Crippen molar-refractivity contribution in [1.29, 1.82) is 0 Å². The summed E-state index contributed by atoms with van der Waals surface area (Å²) in [6.07, 6.45) is 6.89. The van der Waals surface area contributed by atoms with Crippen molar-refractivity contribution in [3.8, 4) is 0 Å². The topological polar surface area (TPSA) is 61.8 Å². The molecule has 5 nitrogen and oxygen atoms in total. The quantitative estimate of drug-likeness (QED) is 0.773. The molecule has 2 rings (SSSR count). The molecule has 0 aliphatic heterocycles. The van der Waals surface area contributed by atoms with Gasteiger partial charge in [0.05, 0.1) is 17.1 Å². The Kier molecular flexibility index (Phi) is 6.69. The maximum atomic E-state index is 11.7. The molecular formula is C20H25N3O2. The third kappa shape index (κ3) is 5.41. The summed E-state index contributed by atoms with van der Waals surface area (Å²) in [5, 5.41) is 2.53. The van der Waals surface area contributed by atoms with Crippen molar-refractivity contribution in [2.45, 2.75) is 33.6 Å². The van der Waals surface area contributed by atoms with E-state index in [1.165, 1.54) is 18.7 Å². The Morgan fingerprint density at radius 1 is 1.08 bits per heavy atom. The van der Waals surface area contributed by atoms with Crippen LogP contribution in [0, 0.1) is 0 Å². The van der Waals surface area contributed by atoms with Crippen LogP contribution in [0.5, 0.6) is 0 Å². The second kappa shape index (κ2) is 8.97. The van der Waals surface area contributed by atoms with E-state index >= 15 is 0 Å². The number of rotatable bonds is 7. The van der Waals surface area contributed by atoms with E-state index in [-0.39, 0.29) is 17.4 Å². The van der Waals surface area contributed by atoms with Crippen molar-refractivity contribution in [3.63, 3.8) is 0 Å². The Hall–Kier alpha value is -2.69. The van der Waals surface area contributed by atoms with Gasteiger partial charge in [-0.25, -0.2) is 4.99 Å². The van der Waals surface area contributed by atoms with Gasteiger partial charge in [-0.3, -0.25) is 9.59 Å². The smallest absolute Gasteiger partial charge is 0.221 e. The van der Waals surface area contributed by atoms with Gasteiger partial charge in [-0.05, 0) is 55.3 Å². The first-order valence-corrected chi connectivity index (χ1v) is 8.69. The van der Waals surface area contributed by atoms with Gasteiger partial charge in [0, 0.05) is 25.7 Å². The van der Waals surface area contributed by atoms with Crippen molar-refractivity contribution < 1.29 is 9.59 Å². The van der Waals surface area contributed by atoms with Crippen LogP contribution >= 0.6 is 0 Å². The van der Waals surface area contributed by atoms with Crippen molar-refractivity contribution >= 4 is 28.8 Å². The van der Waals surface area contributed by atoms with E-state index in [1.807, 2.05) is 12.1 Å². The number of carbonyl (C=O) groups is 2. The van der Waals surface area contributed by atoms with E-state index in [1.54, 1.807) is 12.2 Å². The zero-order chi connectivity index (χ0) is 18.2. The fourth-order valence-corrected chi connectivity index (χ4v) is 2.67. The Bertz CT molecular complexity index is 709. The summed E-state index contributed by atoms with van der Waals surface area (Å²) in [4.78, 5) is 29.8. The molecular weight excluding hydrogens is 314 g/mol. The largest absolute Gasteiger partial charge is 0.372 e. The zero-order valence-electron chi connectivity index (χ0n) is 15.1. The lowest BCUT2D eigenvalue weighted by atomic mass is 10.1. The monoisotopic (exact) mass is 339 g/mol. The molecule has 1 aliphatic carbocycles. The van der Waals surface area contributed by atoms with E-state index in [0.29, 0.717) is 5.71 Å². The van der Waals surface area contributed by atoms with Gasteiger partial charge in [0.15, 0.2) is 0 Å². The SMILES string of the molecule is CCCN(CCC)c1ccc(N=C2C=CC(=O)C(NC(C)=O)=C2)cc1. The number of nitrogens with zero attached hydrogens (tertiary/aromatic N) is 2. The summed E-state index contributed by atoms with van der Waals surface area (Å²) in [5.74, 6) is -0.496. The van der Waals surface area contributed by atoms with Gasteiger partial charge in [-0.2, -0.15) is 0 Å². The summed E-state index contributed by atoms with van der Waals surface area (Å²) in [6, 6.07) is 8.08. The van der Waals surface area contributed by atoms with E-state index in [2.05, 4.69) is 41.2 Å². The Labute approximate surface area is 149 Å². The molecule has 0 unspecified atom stereocenters. The van der Waals surface area contributed by atoms with Crippen molar-refractivity contribution in [2.24, 2.45) is 4.99 Å². The van der Waals surface area contributed by atoms with Crippen LogP contribution in [-0.4, -0.2) is 30.5 Å². The highest BCUT2D eigenvalue weighted by atomic mass is 16.2. The predicted octanol–water partition coefficient (Wildman–Crippen LogP) is 3.54. The highest BCUT2D eigenvalue weighted by Gasteiger charge is 2.13. The van der Waals surface area contributed by atoms with Crippen LogP contribution in [-0.2, 0) is 9.59 Å². The first-order chi connectivity index (χ1) is 12.0. The average molecular weight is 339 g/mol. The number of aliphatic imine (C=N–C) groups is 1. The molecule has 0 saturated carbocycles. The van der Waals surface area contributed by atoms with Gasteiger partial charge in [0.2, 0.25) is 11.7 Å². The van der Waals surface area contributed by atoms with Gasteiger partial charge in [-0.15, -0.1) is 0 Å². The van der Waals surface area contributed by atoms with Crippen LogP contribution in [0.3, 0.4) is 0 Å². The van der Waals surface area contributed by atoms with Crippen molar-refractivity contribution in [2.75, 3.05) is 18.0 Å². The number of anilines is 1. The van der Waals surface area contributed by atoms with E-state index < -0.39 is 0 Å². The molecule has 1 N–H and O–H groups in total. The molecule has 0 spiro atoms. The number of benzene rings is 1. The summed E-state index contributed by atoms with van der Waals surface area (Å²) < 4.78 is 0. The predicted molar refractivity (Wildman–Crippen MR) is 102 cm³/mol.